The summed E-state index contributed by atoms with van der Waals surface area (Å²) in [5.41, 5.74) is 7.86. The van der Waals surface area contributed by atoms with Crippen LogP contribution in [0.1, 0.15) is 25.0 Å². The van der Waals surface area contributed by atoms with Crippen LogP contribution in [-0.4, -0.2) is 30.1 Å². The predicted molar refractivity (Wildman–Crippen MR) is 71.8 cm³/mol. The Bertz CT molecular complexity index is 427. The minimum atomic E-state index is -0.391. The monoisotopic (exact) mass is 235 g/mol. The predicted octanol–water partition coefficient (Wildman–Crippen LogP) is 1.49. The normalized spacial score (nSPS) is 11.4. The van der Waals surface area contributed by atoms with E-state index in [0.717, 1.165) is 11.3 Å². The van der Waals surface area contributed by atoms with E-state index in [4.69, 9.17) is 11.1 Å². The Morgan fingerprint density at radius 3 is 2.53 bits per heavy atom. The molecule has 0 aliphatic heterocycles. The van der Waals surface area contributed by atoms with Gasteiger partial charge in [-0.2, -0.15) is 0 Å². The van der Waals surface area contributed by atoms with Crippen LogP contribution in [0.2, 0.25) is 0 Å². The number of hydrogen-bond acceptors (Lipinski definition) is 3. The van der Waals surface area contributed by atoms with Gasteiger partial charge in [0.1, 0.15) is 5.84 Å². The third kappa shape index (κ3) is 2.77. The van der Waals surface area contributed by atoms with Crippen LogP contribution in [0.4, 0.5) is 5.69 Å². The lowest BCUT2D eigenvalue weighted by Gasteiger charge is -2.37. The number of nitrogen functional groups attached to an aromatic ring is 1. The Morgan fingerprint density at radius 1 is 1.47 bits per heavy atom. The standard InChI is InChI=1S/C13H21N3O/c1-9-5-6-10(12(14)15)11(7-9)16(4)13(2,3)8-17/h5-7,17H,8H2,1-4H3,(H3,14,15). The summed E-state index contributed by atoms with van der Waals surface area (Å²) >= 11 is 0. The van der Waals surface area contributed by atoms with Crippen molar-refractivity contribution in [3.8, 4) is 0 Å². The SMILES string of the molecule is Cc1ccc(C(=N)N)c(N(C)C(C)(C)CO)c1. The molecule has 4 N–H and O–H groups in total. The van der Waals surface area contributed by atoms with E-state index >= 15 is 0 Å². The highest BCUT2D eigenvalue weighted by Gasteiger charge is 2.25. The molecule has 1 aromatic rings. The lowest BCUT2D eigenvalue weighted by Crippen LogP contribution is -2.45. The van der Waals surface area contributed by atoms with Crippen LogP contribution in [0.15, 0.2) is 18.2 Å². The average molecular weight is 235 g/mol. The van der Waals surface area contributed by atoms with Gasteiger partial charge in [-0.3, -0.25) is 5.41 Å². The number of benzene rings is 1. The first kappa shape index (κ1) is 13.5. The number of aliphatic hydroxyl groups excluding tert-OH is 1. The van der Waals surface area contributed by atoms with Crippen LogP contribution in [0, 0.1) is 12.3 Å². The Labute approximate surface area is 103 Å². The van der Waals surface area contributed by atoms with Crippen LogP contribution < -0.4 is 10.6 Å². The van der Waals surface area contributed by atoms with Gasteiger partial charge in [0.05, 0.1) is 12.1 Å². The molecule has 0 aliphatic rings. The largest absolute Gasteiger partial charge is 0.394 e. The molecule has 0 saturated carbocycles. The van der Waals surface area contributed by atoms with Crippen molar-refractivity contribution in [2.75, 3.05) is 18.6 Å². The highest BCUT2D eigenvalue weighted by atomic mass is 16.3. The van der Waals surface area contributed by atoms with E-state index in [1.54, 1.807) is 0 Å². The third-order valence-electron chi connectivity index (χ3n) is 3.10. The highest BCUT2D eigenvalue weighted by Crippen LogP contribution is 2.26. The van der Waals surface area contributed by atoms with E-state index in [-0.39, 0.29) is 12.4 Å². The van der Waals surface area contributed by atoms with Crippen molar-refractivity contribution in [2.24, 2.45) is 5.73 Å². The Hall–Kier alpha value is -1.55. The highest BCUT2D eigenvalue weighted by molar-refractivity contribution is 6.00. The molecule has 4 nitrogen and oxygen atoms in total. The quantitative estimate of drug-likeness (QED) is 0.547. The molecule has 0 radical (unpaired) electrons. The number of hydrogen-bond donors (Lipinski definition) is 3. The second kappa shape index (κ2) is 4.75. The molecule has 0 saturated heterocycles. The lowest BCUT2D eigenvalue weighted by molar-refractivity contribution is 0.216. The van der Waals surface area contributed by atoms with Gasteiger partial charge in [-0.05, 0) is 38.5 Å². The maximum Gasteiger partial charge on any atom is 0.124 e. The fraction of sp³-hybridized carbons (Fsp3) is 0.462. The van der Waals surface area contributed by atoms with Crippen molar-refractivity contribution in [2.45, 2.75) is 26.3 Å². The summed E-state index contributed by atoms with van der Waals surface area (Å²) in [7, 11) is 1.90. The fourth-order valence-corrected chi connectivity index (χ4v) is 1.58. The van der Waals surface area contributed by atoms with Crippen LogP contribution >= 0.6 is 0 Å². The molecule has 94 valence electrons. The Balaban J connectivity index is 3.29. The topological polar surface area (TPSA) is 73.3 Å². The zero-order valence-electron chi connectivity index (χ0n) is 10.9. The molecule has 0 amide bonds. The smallest absolute Gasteiger partial charge is 0.124 e. The molecule has 0 aliphatic carbocycles. The summed E-state index contributed by atoms with van der Waals surface area (Å²) in [6.45, 7) is 5.92. The average Bonchev–Trinajstić information content (AvgIpc) is 2.27. The number of aryl methyl sites for hydroxylation is 1. The van der Waals surface area contributed by atoms with E-state index in [9.17, 15) is 5.11 Å². The van der Waals surface area contributed by atoms with Crippen molar-refractivity contribution in [3.63, 3.8) is 0 Å². The summed E-state index contributed by atoms with van der Waals surface area (Å²) < 4.78 is 0. The Kier molecular flexibility index (Phi) is 3.78. The molecule has 1 rings (SSSR count). The summed E-state index contributed by atoms with van der Waals surface area (Å²) in [6.07, 6.45) is 0. The number of aliphatic hydroxyl groups is 1. The van der Waals surface area contributed by atoms with Gasteiger partial charge in [-0.1, -0.05) is 6.07 Å². The minimum absolute atomic E-state index is 0.0365. The number of likely N-dealkylation sites (N-methyl/N-ethyl adjacent to an activating group) is 1. The van der Waals surface area contributed by atoms with Gasteiger partial charge in [-0.25, -0.2) is 0 Å². The zero-order chi connectivity index (χ0) is 13.2. The lowest BCUT2D eigenvalue weighted by atomic mass is 10.0. The van der Waals surface area contributed by atoms with Crippen LogP contribution in [-0.2, 0) is 0 Å². The van der Waals surface area contributed by atoms with Crippen molar-refractivity contribution in [1.29, 1.82) is 5.41 Å². The number of anilines is 1. The van der Waals surface area contributed by atoms with E-state index in [2.05, 4.69) is 0 Å². The molecule has 0 spiro atoms. The third-order valence-corrected chi connectivity index (χ3v) is 3.10. The number of nitrogens with one attached hydrogen (secondary N) is 1. The van der Waals surface area contributed by atoms with Gasteiger partial charge in [0, 0.05) is 18.3 Å². The molecule has 0 heterocycles. The first-order valence-corrected chi connectivity index (χ1v) is 5.59. The molecule has 0 unspecified atom stereocenters. The van der Waals surface area contributed by atoms with Gasteiger partial charge in [0.25, 0.3) is 0 Å². The summed E-state index contributed by atoms with van der Waals surface area (Å²) in [6, 6.07) is 5.76. The fourth-order valence-electron chi connectivity index (χ4n) is 1.58. The molecule has 0 aromatic heterocycles. The van der Waals surface area contributed by atoms with E-state index < -0.39 is 5.54 Å². The van der Waals surface area contributed by atoms with Crippen LogP contribution in [0.5, 0.6) is 0 Å². The van der Waals surface area contributed by atoms with Crippen LogP contribution in [0.25, 0.3) is 0 Å². The molecular formula is C13H21N3O. The number of rotatable bonds is 4. The maximum absolute atomic E-state index is 9.40. The van der Waals surface area contributed by atoms with E-state index in [1.807, 2.05) is 50.9 Å². The van der Waals surface area contributed by atoms with E-state index in [0.29, 0.717) is 5.56 Å². The molecular weight excluding hydrogens is 214 g/mol. The number of nitrogens with two attached hydrogens (primary N) is 1. The molecule has 0 atom stereocenters. The molecule has 0 fully saturated rings. The molecule has 1 aromatic carbocycles. The van der Waals surface area contributed by atoms with Gasteiger partial charge in [-0.15, -0.1) is 0 Å². The van der Waals surface area contributed by atoms with Crippen molar-refractivity contribution in [3.05, 3.63) is 29.3 Å². The number of amidine groups is 1. The van der Waals surface area contributed by atoms with Gasteiger partial charge in [0.15, 0.2) is 0 Å². The van der Waals surface area contributed by atoms with Crippen molar-refractivity contribution in [1.82, 2.24) is 0 Å². The van der Waals surface area contributed by atoms with Gasteiger partial charge >= 0.3 is 0 Å². The minimum Gasteiger partial charge on any atom is -0.394 e. The number of nitrogens with zero attached hydrogens (tertiary/aromatic N) is 1. The van der Waals surface area contributed by atoms with Crippen molar-refractivity contribution < 1.29 is 5.11 Å². The first-order valence-electron chi connectivity index (χ1n) is 5.59. The Morgan fingerprint density at radius 2 is 2.06 bits per heavy atom. The van der Waals surface area contributed by atoms with E-state index in [1.165, 1.54) is 0 Å². The zero-order valence-corrected chi connectivity index (χ0v) is 10.9. The maximum atomic E-state index is 9.40. The molecule has 4 heteroatoms. The van der Waals surface area contributed by atoms with Crippen molar-refractivity contribution >= 4 is 11.5 Å². The van der Waals surface area contributed by atoms with Crippen LogP contribution in [0.3, 0.4) is 0 Å². The summed E-state index contributed by atoms with van der Waals surface area (Å²) in [5.74, 6) is 0.0422. The second-order valence-electron chi connectivity index (χ2n) is 4.96. The summed E-state index contributed by atoms with van der Waals surface area (Å²) in [5, 5.41) is 17.0. The molecule has 17 heavy (non-hydrogen) atoms. The first-order chi connectivity index (χ1) is 7.79. The van der Waals surface area contributed by atoms with Gasteiger partial charge < -0.3 is 15.7 Å². The molecule has 0 bridgehead atoms. The summed E-state index contributed by atoms with van der Waals surface area (Å²) in [4.78, 5) is 1.96. The second-order valence-corrected chi connectivity index (χ2v) is 4.96. The van der Waals surface area contributed by atoms with Gasteiger partial charge in [0.2, 0.25) is 0 Å².